The summed E-state index contributed by atoms with van der Waals surface area (Å²) in [7, 11) is -0.0872. The first kappa shape index (κ1) is 21.5. The maximum Gasteiger partial charge on any atom is 0.213 e. The van der Waals surface area contributed by atoms with Crippen LogP contribution in [0.15, 0.2) is 29.3 Å². The molecule has 0 aliphatic carbocycles. The standard InChI is InChI=1S/C18H30N4O4S/c1-19-18(21-13-15-7-3-4-9-17(15)25-2)20-10-12-27(23,24)22-14-16-8-5-6-11-26-16/h3-4,7,9,16,22H,5-6,8,10-14H2,1-2H3,(H2,19,20,21). The van der Waals surface area contributed by atoms with Crippen LogP contribution in [0.4, 0.5) is 0 Å². The molecule has 0 saturated carbocycles. The summed E-state index contributed by atoms with van der Waals surface area (Å²) >= 11 is 0. The summed E-state index contributed by atoms with van der Waals surface area (Å²) in [6.07, 6.45) is 3.02. The van der Waals surface area contributed by atoms with Crippen LogP contribution in [-0.2, 0) is 21.3 Å². The van der Waals surface area contributed by atoms with Crippen molar-refractivity contribution >= 4 is 16.0 Å². The predicted molar refractivity (Wildman–Crippen MR) is 107 cm³/mol. The van der Waals surface area contributed by atoms with Gasteiger partial charge in [-0.1, -0.05) is 18.2 Å². The molecule has 1 aliphatic rings. The lowest BCUT2D eigenvalue weighted by Crippen LogP contribution is -2.42. The first-order valence-corrected chi connectivity index (χ1v) is 10.8. The van der Waals surface area contributed by atoms with Gasteiger partial charge in [-0.2, -0.15) is 0 Å². The number of benzene rings is 1. The van der Waals surface area contributed by atoms with E-state index in [0.717, 1.165) is 30.6 Å². The van der Waals surface area contributed by atoms with Crippen LogP contribution in [0.1, 0.15) is 24.8 Å². The van der Waals surface area contributed by atoms with Crippen LogP contribution in [0, 0.1) is 0 Å². The molecule has 0 amide bonds. The summed E-state index contributed by atoms with van der Waals surface area (Å²) < 4.78 is 37.7. The number of guanidine groups is 1. The fourth-order valence-electron chi connectivity index (χ4n) is 2.81. The Morgan fingerprint density at radius 2 is 2.11 bits per heavy atom. The lowest BCUT2D eigenvalue weighted by Gasteiger charge is -2.22. The molecule has 8 nitrogen and oxygen atoms in total. The van der Waals surface area contributed by atoms with Gasteiger partial charge in [0.1, 0.15) is 5.75 Å². The fourth-order valence-corrected chi connectivity index (χ4v) is 3.77. The topological polar surface area (TPSA) is 101 Å². The lowest BCUT2D eigenvalue weighted by atomic mass is 10.1. The number of rotatable bonds is 9. The molecule has 3 N–H and O–H groups in total. The Hall–Kier alpha value is -1.84. The molecular formula is C18H30N4O4S. The van der Waals surface area contributed by atoms with Crippen LogP contribution >= 0.6 is 0 Å². The number of sulfonamides is 1. The number of hydrogen-bond donors (Lipinski definition) is 3. The predicted octanol–water partition coefficient (Wildman–Crippen LogP) is 0.849. The third-order valence-electron chi connectivity index (χ3n) is 4.33. The van der Waals surface area contributed by atoms with E-state index in [1.807, 2.05) is 24.3 Å². The summed E-state index contributed by atoms with van der Waals surface area (Å²) in [5, 5.41) is 6.17. The zero-order valence-corrected chi connectivity index (χ0v) is 16.8. The Morgan fingerprint density at radius 3 is 2.81 bits per heavy atom. The van der Waals surface area contributed by atoms with E-state index in [1.54, 1.807) is 14.2 Å². The minimum absolute atomic E-state index is 0.0169. The molecule has 0 spiro atoms. The molecule has 0 aromatic heterocycles. The van der Waals surface area contributed by atoms with Gasteiger partial charge in [-0.3, -0.25) is 4.99 Å². The van der Waals surface area contributed by atoms with Gasteiger partial charge in [0.15, 0.2) is 5.96 Å². The summed E-state index contributed by atoms with van der Waals surface area (Å²) in [5.74, 6) is 1.29. The Balaban J connectivity index is 1.71. The van der Waals surface area contributed by atoms with E-state index >= 15 is 0 Å². The van der Waals surface area contributed by atoms with E-state index in [4.69, 9.17) is 9.47 Å². The third kappa shape index (κ3) is 7.74. The van der Waals surface area contributed by atoms with Crippen molar-refractivity contribution in [3.8, 4) is 5.75 Å². The van der Waals surface area contributed by atoms with E-state index in [-0.39, 0.29) is 18.4 Å². The highest BCUT2D eigenvalue weighted by Gasteiger charge is 2.17. The van der Waals surface area contributed by atoms with Gasteiger partial charge in [0.05, 0.1) is 19.0 Å². The molecule has 1 fully saturated rings. The fraction of sp³-hybridized carbons (Fsp3) is 0.611. The Morgan fingerprint density at radius 1 is 1.30 bits per heavy atom. The molecular weight excluding hydrogens is 368 g/mol. The molecule has 27 heavy (non-hydrogen) atoms. The van der Waals surface area contributed by atoms with Gasteiger partial charge < -0.3 is 20.1 Å². The van der Waals surface area contributed by atoms with Gasteiger partial charge in [0.25, 0.3) is 0 Å². The quantitative estimate of drug-likeness (QED) is 0.421. The van der Waals surface area contributed by atoms with Gasteiger partial charge in [0.2, 0.25) is 10.0 Å². The smallest absolute Gasteiger partial charge is 0.213 e. The summed E-state index contributed by atoms with van der Waals surface area (Å²) in [6.45, 7) is 1.82. The van der Waals surface area contributed by atoms with E-state index in [9.17, 15) is 8.42 Å². The number of aliphatic imine (C=N–C) groups is 1. The number of para-hydroxylation sites is 1. The molecule has 0 bridgehead atoms. The highest BCUT2D eigenvalue weighted by atomic mass is 32.2. The second-order valence-electron chi connectivity index (χ2n) is 6.32. The molecule has 152 valence electrons. The zero-order chi connectivity index (χ0) is 19.5. The highest BCUT2D eigenvalue weighted by molar-refractivity contribution is 7.89. The van der Waals surface area contributed by atoms with Crippen molar-refractivity contribution in [3.63, 3.8) is 0 Å². The average Bonchev–Trinajstić information content (AvgIpc) is 2.70. The maximum absolute atomic E-state index is 12.1. The SMILES string of the molecule is CN=C(NCCS(=O)(=O)NCC1CCCCO1)NCc1ccccc1OC. The molecule has 1 heterocycles. The van der Waals surface area contributed by atoms with Gasteiger partial charge in [-0.15, -0.1) is 0 Å². The zero-order valence-electron chi connectivity index (χ0n) is 16.0. The van der Waals surface area contributed by atoms with Crippen LogP contribution in [0.2, 0.25) is 0 Å². The summed E-state index contributed by atoms with van der Waals surface area (Å²) in [4.78, 5) is 4.12. The van der Waals surface area contributed by atoms with E-state index in [0.29, 0.717) is 25.7 Å². The molecule has 1 unspecified atom stereocenters. The largest absolute Gasteiger partial charge is 0.496 e. The molecule has 1 atom stereocenters. The third-order valence-corrected chi connectivity index (χ3v) is 5.68. The van der Waals surface area contributed by atoms with Crippen molar-refractivity contribution in [2.24, 2.45) is 4.99 Å². The second kappa shape index (κ2) is 11.1. The number of nitrogens with zero attached hydrogens (tertiary/aromatic N) is 1. The number of hydrogen-bond acceptors (Lipinski definition) is 5. The van der Waals surface area contributed by atoms with Crippen molar-refractivity contribution < 1.29 is 17.9 Å². The minimum atomic E-state index is -3.36. The maximum atomic E-state index is 12.1. The first-order chi connectivity index (χ1) is 13.0. The van der Waals surface area contributed by atoms with Gasteiger partial charge in [-0.05, 0) is 25.3 Å². The van der Waals surface area contributed by atoms with Gasteiger partial charge in [0, 0.05) is 38.9 Å². The number of methoxy groups -OCH3 is 1. The Bertz CT molecular complexity index is 703. The van der Waals surface area contributed by atoms with Gasteiger partial charge in [-0.25, -0.2) is 13.1 Å². The van der Waals surface area contributed by atoms with E-state index < -0.39 is 10.0 Å². The van der Waals surface area contributed by atoms with Crippen LogP contribution in [0.3, 0.4) is 0 Å². The highest BCUT2D eigenvalue weighted by Crippen LogP contribution is 2.16. The van der Waals surface area contributed by atoms with Crippen LogP contribution in [0.25, 0.3) is 0 Å². The van der Waals surface area contributed by atoms with Crippen molar-refractivity contribution in [1.82, 2.24) is 15.4 Å². The summed E-state index contributed by atoms with van der Waals surface area (Å²) in [6, 6.07) is 7.69. The molecule has 1 saturated heterocycles. The van der Waals surface area contributed by atoms with Crippen LogP contribution < -0.4 is 20.1 Å². The first-order valence-electron chi connectivity index (χ1n) is 9.19. The molecule has 2 rings (SSSR count). The molecule has 9 heteroatoms. The van der Waals surface area contributed by atoms with E-state index in [2.05, 4.69) is 20.3 Å². The molecule has 1 aromatic rings. The monoisotopic (exact) mass is 398 g/mol. The lowest BCUT2D eigenvalue weighted by molar-refractivity contribution is 0.0200. The molecule has 0 radical (unpaired) electrons. The Kier molecular flexibility index (Phi) is 8.83. The minimum Gasteiger partial charge on any atom is -0.496 e. The molecule has 1 aromatic carbocycles. The number of ether oxygens (including phenoxy) is 2. The van der Waals surface area contributed by atoms with E-state index in [1.165, 1.54) is 0 Å². The van der Waals surface area contributed by atoms with Crippen molar-refractivity contribution in [3.05, 3.63) is 29.8 Å². The molecule has 1 aliphatic heterocycles. The van der Waals surface area contributed by atoms with Crippen molar-refractivity contribution in [2.45, 2.75) is 31.9 Å². The van der Waals surface area contributed by atoms with Gasteiger partial charge >= 0.3 is 0 Å². The normalized spacial score (nSPS) is 18.1. The number of nitrogens with one attached hydrogen (secondary N) is 3. The summed E-state index contributed by atoms with van der Waals surface area (Å²) in [5.41, 5.74) is 0.990. The average molecular weight is 399 g/mol. The van der Waals surface area contributed by atoms with Crippen LogP contribution in [-0.4, -0.2) is 60.1 Å². The van der Waals surface area contributed by atoms with Crippen LogP contribution in [0.5, 0.6) is 5.75 Å². The van der Waals surface area contributed by atoms with Crippen molar-refractivity contribution in [1.29, 1.82) is 0 Å². The Labute approximate surface area is 161 Å². The van der Waals surface area contributed by atoms with Crippen molar-refractivity contribution in [2.75, 3.05) is 39.6 Å². The second-order valence-corrected chi connectivity index (χ2v) is 8.25.